The first kappa shape index (κ1) is 21.4. The van der Waals surface area contributed by atoms with Gasteiger partial charge in [-0.25, -0.2) is 17.9 Å². The van der Waals surface area contributed by atoms with Crippen molar-refractivity contribution in [2.45, 2.75) is 11.3 Å². The van der Waals surface area contributed by atoms with Gasteiger partial charge in [0.2, 0.25) is 10.0 Å². The SMILES string of the molecule is Nc1c(Cc2ccc(S(N)(=O)=O)cc2)c(-c2ccccc2)nn1C(=O)c1cccc(F)c1. The summed E-state index contributed by atoms with van der Waals surface area (Å²) in [6.45, 7) is 0. The minimum Gasteiger partial charge on any atom is -0.383 e. The molecule has 0 aliphatic carbocycles. The second kappa shape index (κ2) is 8.37. The Labute approximate surface area is 184 Å². The maximum atomic E-state index is 13.6. The molecular formula is C23H19FN4O3S. The molecule has 3 aromatic carbocycles. The molecule has 0 aliphatic heterocycles. The maximum Gasteiger partial charge on any atom is 0.280 e. The monoisotopic (exact) mass is 450 g/mol. The molecule has 0 unspecified atom stereocenters. The number of benzene rings is 3. The van der Waals surface area contributed by atoms with E-state index < -0.39 is 21.7 Å². The Morgan fingerprint density at radius 3 is 2.28 bits per heavy atom. The molecule has 0 aliphatic rings. The molecule has 4 N–H and O–H groups in total. The average Bonchev–Trinajstić information content (AvgIpc) is 3.10. The van der Waals surface area contributed by atoms with Gasteiger partial charge in [-0.05, 0) is 35.9 Å². The zero-order valence-corrected chi connectivity index (χ0v) is 17.6. The van der Waals surface area contributed by atoms with Gasteiger partial charge in [-0.15, -0.1) is 0 Å². The highest BCUT2D eigenvalue weighted by atomic mass is 32.2. The fourth-order valence-corrected chi connectivity index (χ4v) is 3.88. The molecule has 0 radical (unpaired) electrons. The Morgan fingerprint density at radius 2 is 1.66 bits per heavy atom. The Balaban J connectivity index is 1.79. The van der Waals surface area contributed by atoms with E-state index in [9.17, 15) is 17.6 Å². The summed E-state index contributed by atoms with van der Waals surface area (Å²) < 4.78 is 37.7. The van der Waals surface area contributed by atoms with Crippen molar-refractivity contribution >= 4 is 21.7 Å². The van der Waals surface area contributed by atoms with Crippen molar-refractivity contribution in [2.24, 2.45) is 5.14 Å². The van der Waals surface area contributed by atoms with Gasteiger partial charge in [-0.1, -0.05) is 48.5 Å². The van der Waals surface area contributed by atoms with Gasteiger partial charge in [-0.3, -0.25) is 4.79 Å². The third-order valence-corrected chi connectivity index (χ3v) is 5.90. The summed E-state index contributed by atoms with van der Waals surface area (Å²) >= 11 is 0. The van der Waals surface area contributed by atoms with E-state index in [1.807, 2.05) is 30.3 Å². The van der Waals surface area contributed by atoms with Crippen molar-refractivity contribution in [3.8, 4) is 11.3 Å². The van der Waals surface area contributed by atoms with Crippen molar-refractivity contribution < 1.29 is 17.6 Å². The summed E-state index contributed by atoms with van der Waals surface area (Å²) in [7, 11) is -3.81. The van der Waals surface area contributed by atoms with Gasteiger partial charge in [0.15, 0.2) is 0 Å². The van der Waals surface area contributed by atoms with Gasteiger partial charge in [0.05, 0.1) is 10.6 Å². The molecule has 32 heavy (non-hydrogen) atoms. The Morgan fingerprint density at radius 1 is 0.969 bits per heavy atom. The fraction of sp³-hybridized carbons (Fsp3) is 0.0435. The molecular weight excluding hydrogens is 431 g/mol. The largest absolute Gasteiger partial charge is 0.383 e. The number of hydrogen-bond donors (Lipinski definition) is 2. The fourth-order valence-electron chi connectivity index (χ4n) is 3.37. The minimum atomic E-state index is -3.81. The summed E-state index contributed by atoms with van der Waals surface area (Å²) in [5.41, 5.74) is 9.04. The van der Waals surface area contributed by atoms with Crippen molar-refractivity contribution in [3.05, 3.63) is 101 Å². The molecule has 0 saturated heterocycles. The zero-order chi connectivity index (χ0) is 22.9. The van der Waals surface area contributed by atoms with E-state index in [0.717, 1.165) is 21.9 Å². The first-order valence-corrected chi connectivity index (χ1v) is 11.1. The summed E-state index contributed by atoms with van der Waals surface area (Å²) in [6, 6.07) is 20.6. The van der Waals surface area contributed by atoms with E-state index >= 15 is 0 Å². The Bertz CT molecular complexity index is 1400. The van der Waals surface area contributed by atoms with Crippen LogP contribution in [0, 0.1) is 5.82 Å². The lowest BCUT2D eigenvalue weighted by Crippen LogP contribution is -2.16. The smallest absolute Gasteiger partial charge is 0.280 e. The minimum absolute atomic E-state index is 0.00511. The van der Waals surface area contributed by atoms with Crippen LogP contribution in [0.1, 0.15) is 21.5 Å². The van der Waals surface area contributed by atoms with Crippen LogP contribution in [0.3, 0.4) is 0 Å². The van der Waals surface area contributed by atoms with Crippen molar-refractivity contribution in [3.63, 3.8) is 0 Å². The van der Waals surface area contributed by atoms with Gasteiger partial charge < -0.3 is 5.73 Å². The van der Waals surface area contributed by atoms with Crippen LogP contribution in [-0.4, -0.2) is 24.1 Å². The van der Waals surface area contributed by atoms with Crippen LogP contribution >= 0.6 is 0 Å². The van der Waals surface area contributed by atoms with Crippen molar-refractivity contribution in [1.82, 2.24) is 9.78 Å². The Hall–Kier alpha value is -3.82. The molecule has 0 spiro atoms. The quantitative estimate of drug-likeness (QED) is 0.484. The van der Waals surface area contributed by atoms with Gasteiger partial charge in [0, 0.05) is 23.1 Å². The standard InChI is InChI=1S/C23H19FN4O3S/c24-18-8-4-7-17(14-18)23(29)28-22(25)20(21(27-28)16-5-2-1-3-6-16)13-15-9-11-19(12-10-15)32(26,30)31/h1-12,14H,13,25H2,(H2,26,30,31). The molecule has 4 aromatic rings. The second-order valence-corrected chi connectivity index (χ2v) is 8.73. The number of sulfonamides is 1. The second-order valence-electron chi connectivity index (χ2n) is 7.17. The molecule has 9 heteroatoms. The molecule has 4 rings (SSSR count). The molecule has 162 valence electrons. The summed E-state index contributed by atoms with van der Waals surface area (Å²) in [4.78, 5) is 13.0. The van der Waals surface area contributed by atoms with Crippen LogP contribution in [0.15, 0.2) is 83.8 Å². The van der Waals surface area contributed by atoms with Gasteiger partial charge in [0.25, 0.3) is 5.91 Å². The van der Waals surface area contributed by atoms with E-state index in [4.69, 9.17) is 10.9 Å². The molecule has 0 bridgehead atoms. The number of carbonyl (C=O) groups excluding carboxylic acids is 1. The highest BCUT2D eigenvalue weighted by molar-refractivity contribution is 7.89. The van der Waals surface area contributed by atoms with Crippen LogP contribution in [0.4, 0.5) is 10.2 Å². The van der Waals surface area contributed by atoms with Crippen molar-refractivity contribution in [2.75, 3.05) is 5.73 Å². The highest BCUT2D eigenvalue weighted by Gasteiger charge is 2.22. The van der Waals surface area contributed by atoms with Gasteiger partial charge >= 0.3 is 0 Å². The Kier molecular flexibility index (Phi) is 5.60. The van der Waals surface area contributed by atoms with Crippen molar-refractivity contribution in [1.29, 1.82) is 0 Å². The van der Waals surface area contributed by atoms with Crippen LogP contribution in [0.25, 0.3) is 11.3 Å². The molecule has 0 fully saturated rings. The number of carbonyl (C=O) groups is 1. The lowest BCUT2D eigenvalue weighted by Gasteiger charge is -2.06. The van der Waals surface area contributed by atoms with E-state index in [0.29, 0.717) is 11.3 Å². The number of rotatable bonds is 5. The normalized spacial score (nSPS) is 11.4. The first-order chi connectivity index (χ1) is 15.2. The molecule has 1 aromatic heterocycles. The molecule has 7 nitrogen and oxygen atoms in total. The molecule has 0 amide bonds. The summed E-state index contributed by atoms with van der Waals surface area (Å²) in [5.74, 6) is -0.983. The van der Waals surface area contributed by atoms with Crippen LogP contribution < -0.4 is 10.9 Å². The number of halogens is 1. The van der Waals surface area contributed by atoms with Crippen LogP contribution in [0.2, 0.25) is 0 Å². The molecule has 0 saturated carbocycles. The lowest BCUT2D eigenvalue weighted by molar-refractivity contribution is 0.0947. The highest BCUT2D eigenvalue weighted by Crippen LogP contribution is 2.30. The predicted octanol–water partition coefficient (Wildman–Crippen LogP) is 3.20. The number of nitrogens with two attached hydrogens (primary N) is 2. The van der Waals surface area contributed by atoms with Gasteiger partial charge in [0.1, 0.15) is 11.6 Å². The summed E-state index contributed by atoms with van der Waals surface area (Å²) in [6.07, 6.45) is 0.289. The average molecular weight is 450 g/mol. The topological polar surface area (TPSA) is 121 Å². The molecule has 1 heterocycles. The predicted molar refractivity (Wildman–Crippen MR) is 119 cm³/mol. The van der Waals surface area contributed by atoms with E-state index in [1.165, 1.54) is 30.3 Å². The van der Waals surface area contributed by atoms with E-state index in [2.05, 4.69) is 5.10 Å². The third kappa shape index (κ3) is 4.29. The number of hydrogen-bond acceptors (Lipinski definition) is 5. The number of nitrogen functional groups attached to an aromatic ring is 1. The number of nitrogens with zero attached hydrogens (tertiary/aromatic N) is 2. The number of aromatic nitrogens is 2. The van der Waals surface area contributed by atoms with E-state index in [-0.39, 0.29) is 22.7 Å². The third-order valence-electron chi connectivity index (χ3n) is 4.97. The number of primary sulfonamides is 1. The first-order valence-electron chi connectivity index (χ1n) is 9.59. The molecule has 0 atom stereocenters. The summed E-state index contributed by atoms with van der Waals surface area (Å²) in [5, 5.41) is 9.60. The van der Waals surface area contributed by atoms with Gasteiger partial charge in [-0.2, -0.15) is 9.78 Å². The van der Waals surface area contributed by atoms with Crippen LogP contribution in [-0.2, 0) is 16.4 Å². The van der Waals surface area contributed by atoms with E-state index in [1.54, 1.807) is 12.1 Å². The lowest BCUT2D eigenvalue weighted by atomic mass is 10.0. The van der Waals surface area contributed by atoms with Crippen LogP contribution in [0.5, 0.6) is 0 Å². The zero-order valence-electron chi connectivity index (χ0n) is 16.8. The maximum absolute atomic E-state index is 13.6. The number of anilines is 1.